The van der Waals surface area contributed by atoms with Crippen LogP contribution in [0.3, 0.4) is 0 Å². The number of hydrogen-bond acceptors (Lipinski definition) is 5. The number of ether oxygens (including phenoxy) is 1. The Labute approximate surface area is 170 Å². The third-order valence-electron chi connectivity index (χ3n) is 4.44. The van der Waals surface area contributed by atoms with Crippen LogP contribution in [-0.4, -0.2) is 34.1 Å². The van der Waals surface area contributed by atoms with Crippen molar-refractivity contribution in [2.75, 3.05) is 18.0 Å². The highest BCUT2D eigenvalue weighted by atomic mass is 35.5. The summed E-state index contributed by atoms with van der Waals surface area (Å²) >= 11 is 12.4. The molecule has 2 aromatic heterocycles. The topological polar surface area (TPSA) is 51.1 Å². The summed E-state index contributed by atoms with van der Waals surface area (Å²) in [5, 5.41) is 0.343. The smallest absolute Gasteiger partial charge is 0.417 e. The zero-order chi connectivity index (χ0) is 20.5. The van der Waals surface area contributed by atoms with Crippen molar-refractivity contribution in [3.8, 4) is 5.88 Å². The monoisotopic (exact) mass is 434 g/mol. The van der Waals surface area contributed by atoms with Crippen molar-refractivity contribution in [3.63, 3.8) is 0 Å². The van der Waals surface area contributed by atoms with Crippen LogP contribution in [0.4, 0.5) is 19.0 Å². The second kappa shape index (κ2) is 8.29. The second-order valence-electron chi connectivity index (χ2n) is 6.55. The summed E-state index contributed by atoms with van der Waals surface area (Å²) in [6, 6.07) is 0.822. The SMILES string of the molecule is CCc1nc(C)nc(N2CCCC(Oc3ncc(C(F)(F)F)cc3Cl)C2)c1Cl. The average molecular weight is 435 g/mol. The first-order chi connectivity index (χ1) is 13.2. The van der Waals surface area contributed by atoms with Crippen molar-refractivity contribution in [2.24, 2.45) is 0 Å². The van der Waals surface area contributed by atoms with E-state index in [9.17, 15) is 13.2 Å². The number of anilines is 1. The number of nitrogens with zero attached hydrogens (tertiary/aromatic N) is 4. The van der Waals surface area contributed by atoms with Crippen LogP contribution in [0.1, 0.15) is 36.8 Å². The first kappa shape index (κ1) is 20.9. The van der Waals surface area contributed by atoms with Crippen molar-refractivity contribution < 1.29 is 17.9 Å². The highest BCUT2D eigenvalue weighted by Gasteiger charge is 2.32. The fourth-order valence-corrected chi connectivity index (χ4v) is 3.64. The molecule has 0 radical (unpaired) electrons. The van der Waals surface area contributed by atoms with Gasteiger partial charge in [0.2, 0.25) is 5.88 Å². The Morgan fingerprint density at radius 2 is 2.04 bits per heavy atom. The molecule has 1 saturated heterocycles. The molecule has 0 amide bonds. The van der Waals surface area contributed by atoms with E-state index in [1.165, 1.54) is 0 Å². The predicted octanol–water partition coefficient (Wildman–Crippen LogP) is 5.12. The van der Waals surface area contributed by atoms with E-state index in [0.29, 0.717) is 29.6 Å². The second-order valence-corrected chi connectivity index (χ2v) is 7.33. The van der Waals surface area contributed by atoms with Gasteiger partial charge < -0.3 is 9.64 Å². The quantitative estimate of drug-likeness (QED) is 0.668. The maximum absolute atomic E-state index is 12.8. The molecule has 0 saturated carbocycles. The number of piperidine rings is 1. The number of rotatable bonds is 4. The van der Waals surface area contributed by atoms with Gasteiger partial charge >= 0.3 is 6.18 Å². The lowest BCUT2D eigenvalue weighted by atomic mass is 10.1. The minimum absolute atomic E-state index is 0.0132. The Bertz CT molecular complexity index is 863. The van der Waals surface area contributed by atoms with E-state index in [4.69, 9.17) is 27.9 Å². The number of aryl methyl sites for hydroxylation is 2. The molecule has 1 fully saturated rings. The highest BCUT2D eigenvalue weighted by Crippen LogP contribution is 2.34. The molecule has 3 heterocycles. The lowest BCUT2D eigenvalue weighted by molar-refractivity contribution is -0.137. The minimum atomic E-state index is -4.50. The van der Waals surface area contributed by atoms with E-state index in [-0.39, 0.29) is 17.0 Å². The fraction of sp³-hybridized carbons (Fsp3) is 0.500. The van der Waals surface area contributed by atoms with Gasteiger partial charge in [0.15, 0.2) is 5.82 Å². The van der Waals surface area contributed by atoms with Gasteiger partial charge in [-0.3, -0.25) is 0 Å². The van der Waals surface area contributed by atoms with Gasteiger partial charge in [0.25, 0.3) is 0 Å². The molecular weight excluding hydrogens is 416 g/mol. The van der Waals surface area contributed by atoms with Crippen LogP contribution in [0.2, 0.25) is 10.0 Å². The van der Waals surface area contributed by atoms with Gasteiger partial charge in [0, 0.05) is 12.7 Å². The van der Waals surface area contributed by atoms with Gasteiger partial charge in [-0.1, -0.05) is 30.1 Å². The van der Waals surface area contributed by atoms with E-state index in [1.807, 2.05) is 18.7 Å². The molecule has 5 nitrogen and oxygen atoms in total. The standard InChI is InChI=1S/C18H19Cl2F3N4O/c1-3-14-15(20)16(26-10(2)25-14)27-6-4-5-12(9-27)28-17-13(19)7-11(8-24-17)18(21,22)23/h7-8,12H,3-6,9H2,1-2H3. The lowest BCUT2D eigenvalue weighted by Gasteiger charge is -2.34. The van der Waals surface area contributed by atoms with Gasteiger partial charge in [0.05, 0.1) is 17.8 Å². The molecule has 3 rings (SSSR count). The van der Waals surface area contributed by atoms with Crippen LogP contribution < -0.4 is 9.64 Å². The van der Waals surface area contributed by atoms with Crippen LogP contribution in [0.5, 0.6) is 5.88 Å². The third kappa shape index (κ3) is 4.60. The summed E-state index contributed by atoms with van der Waals surface area (Å²) in [4.78, 5) is 14.6. The molecular formula is C18H19Cl2F3N4O. The maximum Gasteiger partial charge on any atom is 0.417 e. The van der Waals surface area contributed by atoms with E-state index in [0.717, 1.165) is 37.3 Å². The van der Waals surface area contributed by atoms with E-state index in [1.54, 1.807) is 0 Å². The number of hydrogen-bond donors (Lipinski definition) is 0. The third-order valence-corrected chi connectivity index (χ3v) is 5.10. The zero-order valence-corrected chi connectivity index (χ0v) is 16.9. The summed E-state index contributed by atoms with van der Waals surface area (Å²) in [5.74, 6) is 1.26. The first-order valence-corrected chi connectivity index (χ1v) is 9.62. The normalized spacial score (nSPS) is 17.7. The van der Waals surface area contributed by atoms with E-state index < -0.39 is 11.7 Å². The molecule has 0 N–H and O–H groups in total. The Morgan fingerprint density at radius 3 is 2.68 bits per heavy atom. The van der Waals surface area contributed by atoms with Gasteiger partial charge in [-0.05, 0) is 32.3 Å². The summed E-state index contributed by atoms with van der Waals surface area (Å²) in [7, 11) is 0. The summed E-state index contributed by atoms with van der Waals surface area (Å²) < 4.78 is 44.1. The number of halogens is 5. The van der Waals surface area contributed by atoms with E-state index >= 15 is 0 Å². The number of aromatic nitrogens is 3. The molecule has 1 aliphatic rings. The molecule has 0 bridgehead atoms. The van der Waals surface area contributed by atoms with Crippen LogP contribution in [0.25, 0.3) is 0 Å². The van der Waals surface area contributed by atoms with Gasteiger partial charge in [0.1, 0.15) is 22.0 Å². The van der Waals surface area contributed by atoms with Crippen molar-refractivity contribution in [1.82, 2.24) is 15.0 Å². The van der Waals surface area contributed by atoms with E-state index in [2.05, 4.69) is 15.0 Å². The first-order valence-electron chi connectivity index (χ1n) is 8.86. The largest absolute Gasteiger partial charge is 0.471 e. The minimum Gasteiger partial charge on any atom is -0.471 e. The summed E-state index contributed by atoms with van der Waals surface area (Å²) in [6.07, 6.45) is -1.86. The van der Waals surface area contributed by atoms with Gasteiger partial charge in [-0.15, -0.1) is 0 Å². The molecule has 10 heteroatoms. The Hall–Kier alpha value is -1.80. The molecule has 0 spiro atoms. The van der Waals surface area contributed by atoms with Crippen LogP contribution in [-0.2, 0) is 12.6 Å². The highest BCUT2D eigenvalue weighted by molar-refractivity contribution is 6.33. The number of pyridine rings is 1. The van der Waals surface area contributed by atoms with Crippen molar-refractivity contribution in [2.45, 2.75) is 45.4 Å². The Kier molecular flexibility index (Phi) is 6.19. The van der Waals surface area contributed by atoms with Crippen molar-refractivity contribution >= 4 is 29.0 Å². The molecule has 2 aromatic rings. The molecule has 0 aromatic carbocycles. The zero-order valence-electron chi connectivity index (χ0n) is 15.4. The Balaban J connectivity index is 1.77. The molecule has 28 heavy (non-hydrogen) atoms. The molecule has 1 unspecified atom stereocenters. The van der Waals surface area contributed by atoms with Gasteiger partial charge in [-0.2, -0.15) is 13.2 Å². The number of alkyl halides is 3. The average Bonchev–Trinajstić information content (AvgIpc) is 2.64. The molecule has 152 valence electrons. The van der Waals surface area contributed by atoms with Crippen LogP contribution in [0, 0.1) is 6.92 Å². The predicted molar refractivity (Wildman–Crippen MR) is 101 cm³/mol. The Morgan fingerprint density at radius 1 is 1.29 bits per heavy atom. The summed E-state index contributed by atoms with van der Waals surface area (Å²) in [6.45, 7) is 4.99. The maximum atomic E-state index is 12.8. The van der Waals surface area contributed by atoms with Crippen molar-refractivity contribution in [3.05, 3.63) is 39.4 Å². The molecule has 0 aliphatic carbocycles. The lowest BCUT2D eigenvalue weighted by Crippen LogP contribution is -2.42. The summed E-state index contributed by atoms with van der Waals surface area (Å²) in [5.41, 5.74) is -0.134. The molecule has 1 atom stereocenters. The fourth-order valence-electron chi connectivity index (χ4n) is 3.10. The van der Waals surface area contributed by atoms with Crippen LogP contribution >= 0.6 is 23.2 Å². The van der Waals surface area contributed by atoms with Gasteiger partial charge in [-0.25, -0.2) is 15.0 Å². The van der Waals surface area contributed by atoms with Crippen molar-refractivity contribution in [1.29, 1.82) is 0 Å². The van der Waals surface area contributed by atoms with Crippen LogP contribution in [0.15, 0.2) is 12.3 Å². The molecule has 1 aliphatic heterocycles.